The van der Waals surface area contributed by atoms with Gasteiger partial charge in [0.15, 0.2) is 23.1 Å². The normalized spacial score (nSPS) is 10.9. The van der Waals surface area contributed by atoms with Crippen LogP contribution in [0.5, 0.6) is 11.5 Å². The SMILES string of the molecule is CCCCCCOc1ccc(-c2ccc(COc3ccc(-c4ccc(C)cc4)c(F)c3F)cc2)cc1F. The van der Waals surface area contributed by atoms with Crippen LogP contribution < -0.4 is 9.47 Å². The lowest BCUT2D eigenvalue weighted by Crippen LogP contribution is -2.00. The average molecular weight is 505 g/mol. The molecule has 0 spiro atoms. The molecular weight excluding hydrogens is 473 g/mol. The summed E-state index contributed by atoms with van der Waals surface area (Å²) >= 11 is 0. The molecule has 0 fully saturated rings. The number of benzene rings is 4. The van der Waals surface area contributed by atoms with Crippen molar-refractivity contribution in [1.82, 2.24) is 0 Å². The van der Waals surface area contributed by atoms with Crippen molar-refractivity contribution in [2.45, 2.75) is 46.1 Å². The molecule has 5 heteroatoms. The van der Waals surface area contributed by atoms with E-state index < -0.39 is 17.5 Å². The number of halogens is 3. The maximum absolute atomic E-state index is 14.7. The monoisotopic (exact) mass is 504 g/mol. The van der Waals surface area contributed by atoms with E-state index in [9.17, 15) is 13.2 Å². The molecule has 0 saturated heterocycles. The number of ether oxygens (including phenoxy) is 2. The summed E-state index contributed by atoms with van der Waals surface area (Å²) in [6, 6.07) is 22.5. The Bertz CT molecular complexity index is 1320. The van der Waals surface area contributed by atoms with Crippen LogP contribution in [0.2, 0.25) is 0 Å². The zero-order chi connectivity index (χ0) is 26.2. The zero-order valence-electron chi connectivity index (χ0n) is 21.2. The Labute approximate surface area is 216 Å². The second-order valence-corrected chi connectivity index (χ2v) is 9.15. The minimum atomic E-state index is -1.02. The van der Waals surface area contributed by atoms with Gasteiger partial charge in [-0.25, -0.2) is 8.78 Å². The highest BCUT2D eigenvalue weighted by atomic mass is 19.2. The molecule has 4 rings (SSSR count). The van der Waals surface area contributed by atoms with E-state index in [1.165, 1.54) is 18.2 Å². The molecule has 0 aromatic heterocycles. The summed E-state index contributed by atoms with van der Waals surface area (Å²) < 4.78 is 55.0. The predicted molar refractivity (Wildman–Crippen MR) is 142 cm³/mol. The fourth-order valence-corrected chi connectivity index (χ4v) is 4.06. The number of rotatable bonds is 11. The van der Waals surface area contributed by atoms with Crippen LogP contribution in [0.3, 0.4) is 0 Å². The summed E-state index contributed by atoms with van der Waals surface area (Å²) in [5.41, 5.74) is 4.17. The first-order valence-corrected chi connectivity index (χ1v) is 12.7. The fourth-order valence-electron chi connectivity index (χ4n) is 4.06. The van der Waals surface area contributed by atoms with Crippen LogP contribution in [-0.2, 0) is 6.61 Å². The molecule has 0 aliphatic carbocycles. The lowest BCUT2D eigenvalue weighted by atomic mass is 10.0. The minimum Gasteiger partial charge on any atom is -0.491 e. The van der Waals surface area contributed by atoms with Crippen LogP contribution in [0.25, 0.3) is 22.3 Å². The van der Waals surface area contributed by atoms with Crippen LogP contribution in [-0.4, -0.2) is 6.61 Å². The molecule has 4 aromatic carbocycles. The smallest absolute Gasteiger partial charge is 0.201 e. The maximum Gasteiger partial charge on any atom is 0.201 e. The van der Waals surface area contributed by atoms with Crippen molar-refractivity contribution in [3.05, 3.63) is 107 Å². The Morgan fingerprint density at radius 1 is 0.622 bits per heavy atom. The van der Waals surface area contributed by atoms with Crippen molar-refractivity contribution >= 4 is 0 Å². The van der Waals surface area contributed by atoms with Crippen molar-refractivity contribution in [2.24, 2.45) is 0 Å². The highest BCUT2D eigenvalue weighted by Gasteiger charge is 2.16. The third-order valence-corrected chi connectivity index (χ3v) is 6.28. The predicted octanol–water partition coefficient (Wildman–Crippen LogP) is 9.28. The molecule has 0 heterocycles. The largest absolute Gasteiger partial charge is 0.491 e. The van der Waals surface area contributed by atoms with Crippen molar-refractivity contribution in [3.63, 3.8) is 0 Å². The van der Waals surface area contributed by atoms with Crippen molar-refractivity contribution in [1.29, 1.82) is 0 Å². The quantitative estimate of drug-likeness (QED) is 0.190. The molecule has 0 amide bonds. The highest BCUT2D eigenvalue weighted by molar-refractivity contribution is 5.66. The van der Waals surface area contributed by atoms with Crippen LogP contribution >= 0.6 is 0 Å². The van der Waals surface area contributed by atoms with Crippen LogP contribution in [0.1, 0.15) is 43.7 Å². The molecule has 0 aliphatic heterocycles. The number of hydrogen-bond donors (Lipinski definition) is 0. The number of hydrogen-bond acceptors (Lipinski definition) is 2. The van der Waals surface area contributed by atoms with E-state index in [-0.39, 0.29) is 23.7 Å². The average Bonchev–Trinajstić information content (AvgIpc) is 2.91. The van der Waals surface area contributed by atoms with E-state index in [0.29, 0.717) is 12.2 Å². The third-order valence-electron chi connectivity index (χ3n) is 6.28. The van der Waals surface area contributed by atoms with E-state index in [1.807, 2.05) is 49.4 Å². The Hall–Kier alpha value is -3.73. The lowest BCUT2D eigenvalue weighted by Gasteiger charge is -2.12. The topological polar surface area (TPSA) is 18.5 Å². The van der Waals surface area contributed by atoms with Gasteiger partial charge in [-0.05, 0) is 59.9 Å². The van der Waals surface area contributed by atoms with Gasteiger partial charge in [-0.1, -0.05) is 86.3 Å². The van der Waals surface area contributed by atoms with Gasteiger partial charge in [-0.3, -0.25) is 0 Å². The van der Waals surface area contributed by atoms with Crippen LogP contribution in [0, 0.1) is 24.4 Å². The minimum absolute atomic E-state index is 0.0691. The van der Waals surface area contributed by atoms with E-state index >= 15 is 0 Å². The van der Waals surface area contributed by atoms with Crippen LogP contribution in [0.4, 0.5) is 13.2 Å². The van der Waals surface area contributed by atoms with Gasteiger partial charge in [0.05, 0.1) is 6.61 Å². The fraction of sp³-hybridized carbons (Fsp3) is 0.250. The van der Waals surface area contributed by atoms with Gasteiger partial charge < -0.3 is 9.47 Å². The third kappa shape index (κ3) is 6.73. The standard InChI is InChI=1S/C32H31F3O2/c1-3-4-5-6-19-36-29-17-15-26(20-28(29)33)24-13-9-23(10-14-24)21-37-30-18-16-27(31(34)32(30)35)25-11-7-22(2)8-12-25/h7-18,20H,3-6,19,21H2,1-2H3. The molecule has 37 heavy (non-hydrogen) atoms. The second-order valence-electron chi connectivity index (χ2n) is 9.15. The molecule has 192 valence electrons. The van der Waals surface area contributed by atoms with E-state index in [0.717, 1.165) is 47.9 Å². The van der Waals surface area contributed by atoms with Crippen LogP contribution in [0.15, 0.2) is 78.9 Å². The van der Waals surface area contributed by atoms with E-state index in [4.69, 9.17) is 9.47 Å². The molecular formula is C32H31F3O2. The Morgan fingerprint density at radius 3 is 2.00 bits per heavy atom. The summed E-state index contributed by atoms with van der Waals surface area (Å²) in [6.07, 6.45) is 4.28. The first-order valence-electron chi connectivity index (χ1n) is 12.7. The van der Waals surface area contributed by atoms with Gasteiger partial charge in [0, 0.05) is 5.56 Å². The molecule has 2 nitrogen and oxygen atoms in total. The second kappa shape index (κ2) is 12.5. The first-order chi connectivity index (χ1) is 18.0. The summed E-state index contributed by atoms with van der Waals surface area (Å²) in [5, 5.41) is 0. The molecule has 0 radical (unpaired) electrons. The summed E-state index contributed by atoms with van der Waals surface area (Å²) in [4.78, 5) is 0. The van der Waals surface area contributed by atoms with E-state index in [2.05, 4.69) is 6.92 Å². The molecule has 0 unspecified atom stereocenters. The van der Waals surface area contributed by atoms with Gasteiger partial charge in [0.1, 0.15) is 6.61 Å². The Balaban J connectivity index is 1.37. The number of unbranched alkanes of at least 4 members (excludes halogenated alkanes) is 3. The Morgan fingerprint density at radius 2 is 1.30 bits per heavy atom. The van der Waals surface area contributed by atoms with Crippen molar-refractivity contribution in [3.8, 4) is 33.8 Å². The molecule has 4 aromatic rings. The van der Waals surface area contributed by atoms with Crippen molar-refractivity contribution < 1.29 is 22.6 Å². The Kier molecular flexibility index (Phi) is 8.89. The zero-order valence-corrected chi connectivity index (χ0v) is 21.2. The number of aryl methyl sites for hydroxylation is 1. The van der Waals surface area contributed by atoms with Gasteiger partial charge in [0.25, 0.3) is 0 Å². The van der Waals surface area contributed by atoms with Gasteiger partial charge in [0.2, 0.25) is 5.82 Å². The molecule has 0 saturated carbocycles. The van der Waals surface area contributed by atoms with Gasteiger partial charge in [-0.15, -0.1) is 0 Å². The van der Waals surface area contributed by atoms with E-state index in [1.54, 1.807) is 18.2 Å². The van der Waals surface area contributed by atoms with Gasteiger partial charge >= 0.3 is 0 Å². The van der Waals surface area contributed by atoms with Crippen molar-refractivity contribution in [2.75, 3.05) is 6.61 Å². The van der Waals surface area contributed by atoms with Gasteiger partial charge in [-0.2, -0.15) is 4.39 Å². The maximum atomic E-state index is 14.7. The molecule has 0 N–H and O–H groups in total. The first kappa shape index (κ1) is 26.3. The highest BCUT2D eigenvalue weighted by Crippen LogP contribution is 2.31. The lowest BCUT2D eigenvalue weighted by molar-refractivity contribution is 0.285. The molecule has 0 aliphatic rings. The molecule has 0 bridgehead atoms. The molecule has 0 atom stereocenters. The summed E-state index contributed by atoms with van der Waals surface area (Å²) in [7, 11) is 0. The summed E-state index contributed by atoms with van der Waals surface area (Å²) in [5.74, 6) is -2.24. The summed E-state index contributed by atoms with van der Waals surface area (Å²) in [6.45, 7) is 4.65.